The normalized spacial score (nSPS) is 10.7. The van der Waals surface area contributed by atoms with Gasteiger partial charge in [0.15, 0.2) is 17.1 Å². The minimum Gasteiger partial charge on any atom is -0.493 e. The first-order chi connectivity index (χ1) is 17.1. The number of carbonyl (C=O) groups excluding carboxylic acids is 1. The molecule has 4 aromatic rings. The first kappa shape index (κ1) is 23.8. The highest BCUT2D eigenvalue weighted by atomic mass is 16.5. The van der Waals surface area contributed by atoms with Crippen LogP contribution in [0.4, 0.5) is 5.82 Å². The second-order valence-corrected chi connectivity index (χ2v) is 7.66. The van der Waals surface area contributed by atoms with E-state index in [9.17, 15) is 4.79 Å². The van der Waals surface area contributed by atoms with E-state index in [0.717, 1.165) is 24.2 Å². The van der Waals surface area contributed by atoms with E-state index in [0.29, 0.717) is 41.5 Å². The summed E-state index contributed by atoms with van der Waals surface area (Å²) in [6.07, 6.45) is 4.13. The number of amides is 1. The third kappa shape index (κ3) is 5.43. The molecule has 0 atom stereocenters. The second-order valence-electron chi connectivity index (χ2n) is 7.66. The number of benzene rings is 2. The summed E-state index contributed by atoms with van der Waals surface area (Å²) in [4.78, 5) is 21.5. The van der Waals surface area contributed by atoms with E-state index in [1.807, 2.05) is 18.2 Å². The SMILES string of the molecule is COc1cc(C(=O)NCCn2ncc3c(NCCc4ccccc4)ncnc32)cc(OC)c1OC. The Morgan fingerprint density at radius 1 is 0.971 bits per heavy atom. The lowest BCUT2D eigenvalue weighted by Gasteiger charge is -2.14. The Labute approximate surface area is 203 Å². The van der Waals surface area contributed by atoms with Crippen molar-refractivity contribution in [2.45, 2.75) is 13.0 Å². The van der Waals surface area contributed by atoms with Crippen molar-refractivity contribution >= 4 is 22.8 Å². The summed E-state index contributed by atoms with van der Waals surface area (Å²) in [5, 5.41) is 11.5. The van der Waals surface area contributed by atoms with Gasteiger partial charge in [-0.2, -0.15) is 5.10 Å². The zero-order valence-electron chi connectivity index (χ0n) is 19.9. The molecule has 0 fully saturated rings. The van der Waals surface area contributed by atoms with Crippen molar-refractivity contribution in [3.8, 4) is 17.2 Å². The Balaban J connectivity index is 1.38. The first-order valence-corrected chi connectivity index (χ1v) is 11.2. The molecule has 1 amide bonds. The van der Waals surface area contributed by atoms with Gasteiger partial charge in [0, 0.05) is 18.7 Å². The molecule has 0 aliphatic heterocycles. The third-order valence-corrected chi connectivity index (χ3v) is 5.52. The fraction of sp³-hybridized carbons (Fsp3) is 0.280. The number of hydrogen-bond acceptors (Lipinski definition) is 8. The highest BCUT2D eigenvalue weighted by molar-refractivity contribution is 5.95. The molecule has 0 bridgehead atoms. The maximum absolute atomic E-state index is 12.7. The molecule has 2 aromatic heterocycles. The van der Waals surface area contributed by atoms with Gasteiger partial charge in [-0.3, -0.25) is 4.79 Å². The van der Waals surface area contributed by atoms with Crippen molar-refractivity contribution in [3.63, 3.8) is 0 Å². The standard InChI is InChI=1S/C25H28N6O4/c1-33-20-13-18(14-21(34-2)22(20)35-3)25(32)27-11-12-31-24-19(15-30-31)23(28-16-29-24)26-10-9-17-7-5-4-6-8-17/h4-8,13-16H,9-12H2,1-3H3,(H,27,32)(H,26,28,29). The van der Waals surface area contributed by atoms with Gasteiger partial charge in [-0.25, -0.2) is 14.6 Å². The summed E-state index contributed by atoms with van der Waals surface area (Å²) in [7, 11) is 4.53. The van der Waals surface area contributed by atoms with Crippen LogP contribution in [0.1, 0.15) is 15.9 Å². The van der Waals surface area contributed by atoms with E-state index in [2.05, 4.69) is 37.8 Å². The molecule has 0 spiro atoms. The number of methoxy groups -OCH3 is 3. The molecule has 182 valence electrons. The summed E-state index contributed by atoms with van der Waals surface area (Å²) in [5.74, 6) is 1.73. The van der Waals surface area contributed by atoms with Crippen LogP contribution in [0.15, 0.2) is 55.0 Å². The second kappa shape index (κ2) is 11.2. The van der Waals surface area contributed by atoms with Gasteiger partial charge < -0.3 is 24.8 Å². The highest BCUT2D eigenvalue weighted by Gasteiger charge is 2.17. The molecule has 4 rings (SSSR count). The fourth-order valence-corrected chi connectivity index (χ4v) is 3.76. The number of nitrogens with one attached hydrogen (secondary N) is 2. The minimum absolute atomic E-state index is 0.265. The summed E-state index contributed by atoms with van der Waals surface area (Å²) in [5.41, 5.74) is 2.35. The Morgan fingerprint density at radius 3 is 2.40 bits per heavy atom. The number of carbonyl (C=O) groups is 1. The van der Waals surface area contributed by atoms with Gasteiger partial charge in [0.05, 0.1) is 39.5 Å². The fourth-order valence-electron chi connectivity index (χ4n) is 3.76. The number of hydrogen-bond donors (Lipinski definition) is 2. The van der Waals surface area contributed by atoms with E-state index < -0.39 is 0 Å². The summed E-state index contributed by atoms with van der Waals surface area (Å²) >= 11 is 0. The molecule has 0 radical (unpaired) electrons. The minimum atomic E-state index is -0.265. The van der Waals surface area contributed by atoms with E-state index >= 15 is 0 Å². The molecule has 2 aromatic carbocycles. The van der Waals surface area contributed by atoms with Gasteiger partial charge in [-0.1, -0.05) is 30.3 Å². The van der Waals surface area contributed by atoms with Gasteiger partial charge in [-0.15, -0.1) is 0 Å². The molecule has 0 aliphatic rings. The van der Waals surface area contributed by atoms with Crippen LogP contribution in [0.25, 0.3) is 11.0 Å². The number of fused-ring (bicyclic) bond motifs is 1. The van der Waals surface area contributed by atoms with Crippen molar-refractivity contribution in [1.82, 2.24) is 25.1 Å². The molecule has 10 nitrogen and oxygen atoms in total. The van der Waals surface area contributed by atoms with E-state index in [1.165, 1.54) is 33.2 Å². The molecule has 0 saturated heterocycles. The molecule has 2 heterocycles. The van der Waals surface area contributed by atoms with Crippen LogP contribution in [0.2, 0.25) is 0 Å². The molecule has 0 aliphatic carbocycles. The molecular weight excluding hydrogens is 448 g/mol. The highest BCUT2D eigenvalue weighted by Crippen LogP contribution is 2.38. The Hall–Kier alpha value is -4.34. The zero-order valence-corrected chi connectivity index (χ0v) is 19.9. The third-order valence-electron chi connectivity index (χ3n) is 5.52. The average molecular weight is 477 g/mol. The monoisotopic (exact) mass is 476 g/mol. The maximum Gasteiger partial charge on any atom is 0.251 e. The van der Waals surface area contributed by atoms with Crippen LogP contribution in [-0.4, -0.2) is 60.1 Å². The number of aromatic nitrogens is 4. The molecule has 10 heteroatoms. The summed E-state index contributed by atoms with van der Waals surface area (Å²) in [6.45, 7) is 1.54. The largest absolute Gasteiger partial charge is 0.493 e. The van der Waals surface area contributed by atoms with Gasteiger partial charge >= 0.3 is 0 Å². The Morgan fingerprint density at radius 2 is 1.71 bits per heavy atom. The quantitative estimate of drug-likeness (QED) is 0.340. The maximum atomic E-state index is 12.7. The van der Waals surface area contributed by atoms with E-state index in [1.54, 1.807) is 23.0 Å². The lowest BCUT2D eigenvalue weighted by Crippen LogP contribution is -2.27. The zero-order chi connectivity index (χ0) is 24.6. The van der Waals surface area contributed by atoms with Crippen LogP contribution in [0.5, 0.6) is 17.2 Å². The molecule has 2 N–H and O–H groups in total. The Bertz CT molecular complexity index is 1270. The van der Waals surface area contributed by atoms with Crippen molar-refractivity contribution in [3.05, 3.63) is 66.1 Å². The predicted molar refractivity (Wildman–Crippen MR) is 132 cm³/mol. The molecule has 0 unspecified atom stereocenters. The first-order valence-electron chi connectivity index (χ1n) is 11.2. The van der Waals surface area contributed by atoms with Gasteiger partial charge in [-0.05, 0) is 24.1 Å². The lowest BCUT2D eigenvalue weighted by atomic mass is 10.1. The molecule has 0 saturated carbocycles. The van der Waals surface area contributed by atoms with Gasteiger partial charge in [0.2, 0.25) is 5.75 Å². The summed E-state index contributed by atoms with van der Waals surface area (Å²) in [6, 6.07) is 13.5. The van der Waals surface area contributed by atoms with E-state index in [4.69, 9.17) is 14.2 Å². The van der Waals surface area contributed by atoms with Crippen molar-refractivity contribution in [2.24, 2.45) is 0 Å². The molecular formula is C25H28N6O4. The van der Waals surface area contributed by atoms with Crippen molar-refractivity contribution in [1.29, 1.82) is 0 Å². The van der Waals surface area contributed by atoms with E-state index in [-0.39, 0.29) is 5.91 Å². The number of anilines is 1. The van der Waals surface area contributed by atoms with Gasteiger partial charge in [0.25, 0.3) is 5.91 Å². The molecule has 35 heavy (non-hydrogen) atoms. The van der Waals surface area contributed by atoms with Crippen LogP contribution in [0.3, 0.4) is 0 Å². The van der Waals surface area contributed by atoms with Crippen LogP contribution in [-0.2, 0) is 13.0 Å². The van der Waals surface area contributed by atoms with Crippen molar-refractivity contribution < 1.29 is 19.0 Å². The average Bonchev–Trinajstić information content (AvgIpc) is 3.32. The predicted octanol–water partition coefficient (Wildman–Crippen LogP) is 2.94. The van der Waals surface area contributed by atoms with Crippen molar-refractivity contribution in [2.75, 3.05) is 39.7 Å². The smallest absolute Gasteiger partial charge is 0.251 e. The number of rotatable bonds is 11. The van der Waals surface area contributed by atoms with Crippen LogP contribution in [0, 0.1) is 0 Å². The number of ether oxygens (including phenoxy) is 3. The number of nitrogens with zero attached hydrogens (tertiary/aromatic N) is 4. The Kier molecular flexibility index (Phi) is 7.61. The lowest BCUT2D eigenvalue weighted by molar-refractivity contribution is 0.0951. The van der Waals surface area contributed by atoms with Crippen LogP contribution >= 0.6 is 0 Å². The van der Waals surface area contributed by atoms with Crippen LogP contribution < -0.4 is 24.8 Å². The van der Waals surface area contributed by atoms with Gasteiger partial charge in [0.1, 0.15) is 12.1 Å². The summed E-state index contributed by atoms with van der Waals surface area (Å²) < 4.78 is 17.7. The topological polar surface area (TPSA) is 112 Å².